The van der Waals surface area contributed by atoms with Gasteiger partial charge in [-0.2, -0.15) is 0 Å². The maximum absolute atomic E-state index is 6.16. The third-order valence-electron chi connectivity index (χ3n) is 3.81. The van der Waals surface area contributed by atoms with Crippen LogP contribution in [0.2, 0.25) is 4.34 Å². The summed E-state index contributed by atoms with van der Waals surface area (Å²) in [6, 6.07) is 11.1. The van der Waals surface area contributed by atoms with E-state index in [1.54, 1.807) is 11.3 Å². The molecule has 0 saturated carbocycles. The van der Waals surface area contributed by atoms with Crippen molar-refractivity contribution in [2.24, 2.45) is 0 Å². The Kier molecular flexibility index (Phi) is 3.90. The molecule has 20 heavy (non-hydrogen) atoms. The fourth-order valence-electron chi connectivity index (χ4n) is 2.73. The van der Waals surface area contributed by atoms with Crippen LogP contribution >= 0.6 is 22.9 Å². The van der Waals surface area contributed by atoms with Crippen LogP contribution < -0.4 is 10.2 Å². The molecular formula is C16H19ClN2S. The average Bonchev–Trinajstić information content (AvgIpc) is 2.81. The second-order valence-electron chi connectivity index (χ2n) is 5.46. The molecule has 0 aliphatic heterocycles. The van der Waals surface area contributed by atoms with E-state index in [0.717, 1.165) is 4.34 Å². The van der Waals surface area contributed by atoms with E-state index in [2.05, 4.69) is 54.6 Å². The molecule has 1 N–H and O–H groups in total. The largest absolute Gasteiger partial charge is 0.378 e. The van der Waals surface area contributed by atoms with E-state index in [1.807, 2.05) is 0 Å². The van der Waals surface area contributed by atoms with Crippen LogP contribution in [0.3, 0.4) is 0 Å². The highest BCUT2D eigenvalue weighted by atomic mass is 35.5. The van der Waals surface area contributed by atoms with Gasteiger partial charge in [0.2, 0.25) is 0 Å². The van der Waals surface area contributed by atoms with Crippen molar-refractivity contribution in [2.45, 2.75) is 25.3 Å². The van der Waals surface area contributed by atoms with E-state index < -0.39 is 0 Å². The average molecular weight is 307 g/mol. The first kappa shape index (κ1) is 13.8. The van der Waals surface area contributed by atoms with Crippen LogP contribution in [0, 0.1) is 0 Å². The van der Waals surface area contributed by atoms with Crippen molar-refractivity contribution in [3.05, 3.63) is 45.1 Å². The quantitative estimate of drug-likeness (QED) is 0.862. The van der Waals surface area contributed by atoms with Gasteiger partial charge in [0.15, 0.2) is 0 Å². The predicted octanol–water partition coefficient (Wildman–Crippen LogP) is 4.96. The molecule has 1 atom stereocenters. The number of benzene rings is 1. The first-order chi connectivity index (χ1) is 9.63. The van der Waals surface area contributed by atoms with Crippen LogP contribution in [0.4, 0.5) is 11.4 Å². The van der Waals surface area contributed by atoms with Crippen LogP contribution in [-0.4, -0.2) is 14.1 Å². The summed E-state index contributed by atoms with van der Waals surface area (Å²) in [4.78, 5) is 3.56. The molecule has 0 bridgehead atoms. The van der Waals surface area contributed by atoms with Crippen molar-refractivity contribution < 1.29 is 0 Å². The summed E-state index contributed by atoms with van der Waals surface area (Å²) in [6.07, 6.45) is 3.58. The van der Waals surface area contributed by atoms with E-state index in [0.29, 0.717) is 6.04 Å². The number of anilines is 2. The lowest BCUT2D eigenvalue weighted by atomic mass is 9.94. The molecule has 1 heterocycles. The zero-order chi connectivity index (χ0) is 14.1. The van der Waals surface area contributed by atoms with Gasteiger partial charge >= 0.3 is 0 Å². The minimum Gasteiger partial charge on any atom is -0.378 e. The van der Waals surface area contributed by atoms with E-state index in [9.17, 15) is 0 Å². The van der Waals surface area contributed by atoms with E-state index in [1.165, 1.54) is 41.1 Å². The number of halogens is 1. The molecule has 0 amide bonds. The number of fused-ring (bicyclic) bond motifs is 1. The number of aryl methyl sites for hydroxylation is 1. The molecule has 106 valence electrons. The molecule has 4 heteroatoms. The summed E-state index contributed by atoms with van der Waals surface area (Å²) in [5.74, 6) is 0. The van der Waals surface area contributed by atoms with Gasteiger partial charge in [-0.15, -0.1) is 11.3 Å². The van der Waals surface area contributed by atoms with Crippen molar-refractivity contribution in [2.75, 3.05) is 24.3 Å². The number of hydrogen-bond donors (Lipinski definition) is 1. The lowest BCUT2D eigenvalue weighted by Gasteiger charge is -2.25. The topological polar surface area (TPSA) is 15.3 Å². The van der Waals surface area contributed by atoms with Gasteiger partial charge in [-0.1, -0.05) is 11.6 Å². The Morgan fingerprint density at radius 2 is 2.00 bits per heavy atom. The molecule has 0 saturated heterocycles. The van der Waals surface area contributed by atoms with Crippen molar-refractivity contribution in [1.82, 2.24) is 0 Å². The van der Waals surface area contributed by atoms with Crippen molar-refractivity contribution in [3.8, 4) is 0 Å². The van der Waals surface area contributed by atoms with E-state index in [4.69, 9.17) is 11.6 Å². The molecule has 2 nitrogen and oxygen atoms in total. The molecule has 0 radical (unpaired) electrons. The molecule has 3 rings (SSSR count). The first-order valence-electron chi connectivity index (χ1n) is 6.95. The summed E-state index contributed by atoms with van der Waals surface area (Å²) >= 11 is 7.89. The number of nitrogens with zero attached hydrogens (tertiary/aromatic N) is 1. The van der Waals surface area contributed by atoms with Gasteiger partial charge in [0.05, 0.1) is 10.4 Å². The molecular weight excluding hydrogens is 288 g/mol. The Morgan fingerprint density at radius 3 is 2.70 bits per heavy atom. The van der Waals surface area contributed by atoms with Gasteiger partial charge in [0.25, 0.3) is 0 Å². The van der Waals surface area contributed by atoms with Crippen molar-refractivity contribution in [3.63, 3.8) is 0 Å². The Balaban J connectivity index is 1.78. The van der Waals surface area contributed by atoms with Gasteiger partial charge in [0.1, 0.15) is 0 Å². The van der Waals surface area contributed by atoms with E-state index in [-0.39, 0.29) is 0 Å². The first-order valence-corrected chi connectivity index (χ1v) is 8.15. The molecule has 1 aromatic carbocycles. The molecule has 0 spiro atoms. The van der Waals surface area contributed by atoms with Gasteiger partial charge in [0, 0.05) is 30.3 Å². The second kappa shape index (κ2) is 5.66. The molecule has 1 aliphatic carbocycles. The summed E-state index contributed by atoms with van der Waals surface area (Å²) in [7, 11) is 4.12. The van der Waals surface area contributed by atoms with Crippen LogP contribution in [0.25, 0.3) is 0 Å². The van der Waals surface area contributed by atoms with Gasteiger partial charge < -0.3 is 10.2 Å². The SMILES string of the molecule is CN(C)c1ccc(NC2CCCc3sc(Cl)cc32)cc1. The van der Waals surface area contributed by atoms with Gasteiger partial charge in [-0.25, -0.2) is 0 Å². The third-order valence-corrected chi connectivity index (χ3v) is 5.15. The molecule has 0 fully saturated rings. The predicted molar refractivity (Wildman–Crippen MR) is 89.4 cm³/mol. The Hall–Kier alpha value is -1.19. The Morgan fingerprint density at radius 1 is 1.25 bits per heavy atom. The normalized spacial score (nSPS) is 17.6. The van der Waals surface area contributed by atoms with Crippen LogP contribution in [0.15, 0.2) is 30.3 Å². The van der Waals surface area contributed by atoms with Crippen molar-refractivity contribution >= 4 is 34.3 Å². The highest BCUT2D eigenvalue weighted by Crippen LogP contribution is 2.39. The zero-order valence-corrected chi connectivity index (χ0v) is 13.4. The molecule has 2 aromatic rings. The van der Waals surface area contributed by atoms with Crippen LogP contribution in [-0.2, 0) is 6.42 Å². The lowest BCUT2D eigenvalue weighted by Crippen LogP contribution is -2.15. The Bertz CT molecular complexity index is 589. The Labute approximate surface area is 129 Å². The third kappa shape index (κ3) is 2.79. The minimum atomic E-state index is 0.396. The second-order valence-corrected chi connectivity index (χ2v) is 7.23. The highest BCUT2D eigenvalue weighted by Gasteiger charge is 2.22. The van der Waals surface area contributed by atoms with E-state index >= 15 is 0 Å². The van der Waals surface area contributed by atoms with Gasteiger partial charge in [-0.3, -0.25) is 0 Å². The number of nitrogens with one attached hydrogen (secondary N) is 1. The summed E-state index contributed by atoms with van der Waals surface area (Å²) in [5, 5.41) is 3.65. The molecule has 1 aromatic heterocycles. The fourth-order valence-corrected chi connectivity index (χ4v) is 4.11. The van der Waals surface area contributed by atoms with Crippen LogP contribution in [0.5, 0.6) is 0 Å². The van der Waals surface area contributed by atoms with Gasteiger partial charge in [-0.05, 0) is 55.2 Å². The minimum absolute atomic E-state index is 0.396. The summed E-state index contributed by atoms with van der Waals surface area (Å²) in [6.45, 7) is 0. The maximum Gasteiger partial charge on any atom is 0.0934 e. The molecule has 1 aliphatic rings. The highest BCUT2D eigenvalue weighted by molar-refractivity contribution is 7.16. The monoisotopic (exact) mass is 306 g/mol. The lowest BCUT2D eigenvalue weighted by molar-refractivity contribution is 0.609. The fraction of sp³-hybridized carbons (Fsp3) is 0.375. The number of hydrogen-bond acceptors (Lipinski definition) is 3. The smallest absolute Gasteiger partial charge is 0.0934 e. The molecule has 1 unspecified atom stereocenters. The number of rotatable bonds is 3. The summed E-state index contributed by atoms with van der Waals surface area (Å²) < 4.78 is 0.909. The zero-order valence-electron chi connectivity index (χ0n) is 11.8. The van der Waals surface area contributed by atoms with Crippen LogP contribution in [0.1, 0.15) is 29.3 Å². The summed E-state index contributed by atoms with van der Waals surface area (Å²) in [5.41, 5.74) is 3.79. The van der Waals surface area contributed by atoms with Crippen molar-refractivity contribution in [1.29, 1.82) is 0 Å². The number of thiophene rings is 1. The maximum atomic E-state index is 6.16. The standard InChI is InChI=1S/C16H19ClN2S/c1-19(2)12-8-6-11(7-9-12)18-14-4-3-5-15-13(14)10-16(17)20-15/h6-10,14,18H,3-5H2,1-2H3.